The summed E-state index contributed by atoms with van der Waals surface area (Å²) in [7, 11) is 0. The number of nitrogens with zero attached hydrogens (tertiary/aromatic N) is 2. The Labute approximate surface area is 323 Å². The van der Waals surface area contributed by atoms with Crippen molar-refractivity contribution in [1.29, 1.82) is 0 Å². The van der Waals surface area contributed by atoms with Gasteiger partial charge in [0, 0.05) is 67.0 Å². The van der Waals surface area contributed by atoms with E-state index < -0.39 is 0 Å². The summed E-state index contributed by atoms with van der Waals surface area (Å²) in [5.74, 6) is 0. The fraction of sp³-hybridized carbons (Fsp3) is 0. The molecule has 2 aromatic heterocycles. The number of hydrogen-bond acceptors (Lipinski definition) is 4. The molecule has 0 aliphatic heterocycles. The van der Waals surface area contributed by atoms with Crippen LogP contribution in [-0.4, -0.2) is 0 Å². The van der Waals surface area contributed by atoms with E-state index in [1.54, 1.807) is 0 Å². The largest absolute Gasteiger partial charge is 0.456 e. The Bertz CT molecular complexity index is 3160. The van der Waals surface area contributed by atoms with Gasteiger partial charge >= 0.3 is 0 Å². The minimum absolute atomic E-state index is 0.852. The predicted molar refractivity (Wildman–Crippen MR) is 233 cm³/mol. The Morgan fingerprint density at radius 3 is 1.66 bits per heavy atom. The first-order valence-corrected chi connectivity index (χ1v) is 18.9. The topological polar surface area (TPSA) is 32.8 Å². The highest BCUT2D eigenvalue weighted by Gasteiger charge is 2.21. The molecule has 0 amide bonds. The molecular weight excluding hydrogens is 685 g/mol. The maximum absolute atomic E-state index is 6.80. The second kappa shape index (κ2) is 13.1. The van der Waals surface area contributed by atoms with Crippen LogP contribution >= 0.6 is 0 Å². The highest BCUT2D eigenvalue weighted by molar-refractivity contribution is 6.16. The molecule has 0 radical (unpaired) electrons. The molecule has 56 heavy (non-hydrogen) atoms. The SMILES string of the molecule is c1ccc(-c2ccccc2N(c2ccc3c(ccc4c5ccc(N(c6ccccc6)c6ccccc6)cc5oc34)c2)c2ccc3oc4ccccc4c3c2)cc1. The zero-order valence-corrected chi connectivity index (χ0v) is 30.3. The molecule has 0 atom stereocenters. The van der Waals surface area contributed by atoms with Gasteiger partial charge in [0.15, 0.2) is 0 Å². The molecule has 0 bridgehead atoms. The lowest BCUT2D eigenvalue weighted by atomic mass is 10.0. The first kappa shape index (κ1) is 31.9. The zero-order chi connectivity index (χ0) is 37.0. The van der Waals surface area contributed by atoms with Gasteiger partial charge in [-0.15, -0.1) is 0 Å². The van der Waals surface area contributed by atoms with E-state index in [2.05, 4.69) is 192 Å². The number of hydrogen-bond donors (Lipinski definition) is 0. The summed E-state index contributed by atoms with van der Waals surface area (Å²) in [6.07, 6.45) is 0. The molecule has 11 aromatic rings. The number of rotatable bonds is 7. The quantitative estimate of drug-likeness (QED) is 0.164. The molecule has 11 rings (SSSR count). The van der Waals surface area contributed by atoms with Crippen molar-refractivity contribution in [3.63, 3.8) is 0 Å². The first-order valence-electron chi connectivity index (χ1n) is 18.9. The standard InChI is InChI=1S/C52H34N2O2/c1-4-14-35(15-5-1)42-20-10-12-22-48(42)54(40-27-31-50-47(33-40)44-21-11-13-23-49(44)55-50)39-25-29-43-36(32-39)24-28-46-45-30-26-41(34-51(45)56-52(43)46)53(37-16-6-2-7-17-37)38-18-8-3-9-19-38/h1-34H. The average Bonchev–Trinajstić information content (AvgIpc) is 3.83. The summed E-state index contributed by atoms with van der Waals surface area (Å²) < 4.78 is 13.1. The smallest absolute Gasteiger partial charge is 0.143 e. The molecule has 0 aliphatic rings. The van der Waals surface area contributed by atoms with Gasteiger partial charge in [0.25, 0.3) is 0 Å². The fourth-order valence-electron chi connectivity index (χ4n) is 8.23. The third-order valence-electron chi connectivity index (χ3n) is 10.8. The zero-order valence-electron chi connectivity index (χ0n) is 30.3. The third kappa shape index (κ3) is 5.31. The van der Waals surface area contributed by atoms with Gasteiger partial charge in [0.1, 0.15) is 22.3 Å². The highest BCUT2D eigenvalue weighted by Crippen LogP contribution is 2.45. The lowest BCUT2D eigenvalue weighted by molar-refractivity contribution is 0.669. The molecule has 0 spiro atoms. The van der Waals surface area contributed by atoms with Crippen molar-refractivity contribution in [1.82, 2.24) is 0 Å². The fourth-order valence-corrected chi connectivity index (χ4v) is 8.23. The molecule has 0 unspecified atom stereocenters. The van der Waals surface area contributed by atoms with Crippen LogP contribution in [0.15, 0.2) is 215 Å². The molecule has 4 nitrogen and oxygen atoms in total. The monoisotopic (exact) mass is 718 g/mol. The van der Waals surface area contributed by atoms with Crippen molar-refractivity contribution in [2.45, 2.75) is 0 Å². The molecule has 0 aliphatic carbocycles. The van der Waals surface area contributed by atoms with Crippen LogP contribution in [0.25, 0.3) is 65.8 Å². The maximum atomic E-state index is 6.80. The number of benzene rings is 9. The molecule has 0 N–H and O–H groups in total. The van der Waals surface area contributed by atoms with E-state index in [1.807, 2.05) is 24.3 Å². The van der Waals surface area contributed by atoms with Gasteiger partial charge in [-0.1, -0.05) is 109 Å². The van der Waals surface area contributed by atoms with Crippen molar-refractivity contribution in [2.75, 3.05) is 9.80 Å². The Morgan fingerprint density at radius 2 is 0.875 bits per heavy atom. The second-order valence-electron chi connectivity index (χ2n) is 14.1. The summed E-state index contributed by atoms with van der Waals surface area (Å²) in [5, 5.41) is 6.55. The van der Waals surface area contributed by atoms with Gasteiger partial charge in [-0.25, -0.2) is 0 Å². The van der Waals surface area contributed by atoms with E-state index in [0.717, 1.165) is 99.9 Å². The predicted octanol–water partition coefficient (Wildman–Crippen LogP) is 15.2. The Kier molecular flexibility index (Phi) is 7.46. The minimum atomic E-state index is 0.852. The maximum Gasteiger partial charge on any atom is 0.143 e. The van der Waals surface area contributed by atoms with Crippen molar-refractivity contribution in [2.24, 2.45) is 0 Å². The summed E-state index contributed by atoms with van der Waals surface area (Å²) in [6, 6.07) is 72.6. The molecule has 264 valence electrons. The van der Waals surface area contributed by atoms with E-state index in [-0.39, 0.29) is 0 Å². The molecule has 0 saturated carbocycles. The molecule has 2 heterocycles. The van der Waals surface area contributed by atoms with Gasteiger partial charge < -0.3 is 18.6 Å². The van der Waals surface area contributed by atoms with Gasteiger partial charge in [-0.3, -0.25) is 0 Å². The number of para-hydroxylation sites is 4. The summed E-state index contributed by atoms with van der Waals surface area (Å²) in [4.78, 5) is 4.63. The van der Waals surface area contributed by atoms with Crippen molar-refractivity contribution >= 4 is 88.8 Å². The van der Waals surface area contributed by atoms with Crippen LogP contribution in [0.3, 0.4) is 0 Å². The lowest BCUT2D eigenvalue weighted by Gasteiger charge is -2.28. The normalized spacial score (nSPS) is 11.6. The van der Waals surface area contributed by atoms with Gasteiger partial charge in [0.05, 0.1) is 5.69 Å². The van der Waals surface area contributed by atoms with Gasteiger partial charge in [-0.2, -0.15) is 0 Å². The summed E-state index contributed by atoms with van der Waals surface area (Å²) in [5.41, 5.74) is 12.2. The van der Waals surface area contributed by atoms with Crippen LogP contribution in [0.5, 0.6) is 0 Å². The number of furan rings is 2. The highest BCUT2D eigenvalue weighted by atomic mass is 16.3. The average molecular weight is 719 g/mol. The molecule has 4 heteroatoms. The minimum Gasteiger partial charge on any atom is -0.456 e. The van der Waals surface area contributed by atoms with Gasteiger partial charge in [0.2, 0.25) is 0 Å². The van der Waals surface area contributed by atoms with E-state index >= 15 is 0 Å². The number of fused-ring (bicyclic) bond motifs is 8. The van der Waals surface area contributed by atoms with Crippen molar-refractivity contribution < 1.29 is 8.83 Å². The van der Waals surface area contributed by atoms with Crippen LogP contribution in [0.2, 0.25) is 0 Å². The van der Waals surface area contributed by atoms with Crippen LogP contribution < -0.4 is 9.80 Å². The van der Waals surface area contributed by atoms with Crippen LogP contribution in [0.1, 0.15) is 0 Å². The Balaban J connectivity index is 1.07. The Morgan fingerprint density at radius 1 is 0.304 bits per heavy atom. The van der Waals surface area contributed by atoms with E-state index in [4.69, 9.17) is 8.83 Å². The van der Waals surface area contributed by atoms with Crippen LogP contribution in [0.4, 0.5) is 34.1 Å². The Hall–Kier alpha value is -7.56. The number of anilines is 6. The molecule has 0 saturated heterocycles. The second-order valence-corrected chi connectivity index (χ2v) is 14.1. The summed E-state index contributed by atoms with van der Waals surface area (Å²) >= 11 is 0. The van der Waals surface area contributed by atoms with E-state index in [0.29, 0.717) is 0 Å². The van der Waals surface area contributed by atoms with Crippen molar-refractivity contribution in [3.8, 4) is 11.1 Å². The van der Waals surface area contributed by atoms with E-state index in [9.17, 15) is 0 Å². The van der Waals surface area contributed by atoms with Crippen LogP contribution in [0, 0.1) is 0 Å². The van der Waals surface area contributed by atoms with Gasteiger partial charge in [-0.05, 0) is 102 Å². The molecular formula is C52H34N2O2. The van der Waals surface area contributed by atoms with E-state index in [1.165, 1.54) is 0 Å². The third-order valence-corrected chi connectivity index (χ3v) is 10.8. The van der Waals surface area contributed by atoms with Crippen LogP contribution in [-0.2, 0) is 0 Å². The molecule has 9 aromatic carbocycles. The van der Waals surface area contributed by atoms with Crippen molar-refractivity contribution in [3.05, 3.63) is 206 Å². The lowest BCUT2D eigenvalue weighted by Crippen LogP contribution is -2.11. The first-order chi connectivity index (χ1) is 27.8. The summed E-state index contributed by atoms with van der Waals surface area (Å²) in [6.45, 7) is 0. The molecule has 0 fully saturated rings.